The summed E-state index contributed by atoms with van der Waals surface area (Å²) in [6.45, 7) is 3.90. The number of carbonyl (C=O) groups is 1. The molecule has 0 saturated carbocycles. The fraction of sp³-hybridized carbons (Fsp3) is 0.240. The zero-order valence-corrected chi connectivity index (χ0v) is 18.2. The number of fused-ring (bicyclic) bond motifs is 1. The molecule has 1 aliphatic heterocycles. The number of aromatic amines is 1. The highest BCUT2D eigenvalue weighted by Crippen LogP contribution is 2.39. The van der Waals surface area contributed by atoms with E-state index in [1.807, 2.05) is 74.8 Å². The quantitative estimate of drug-likeness (QED) is 0.549. The van der Waals surface area contributed by atoms with Gasteiger partial charge in [0.25, 0.3) is 0 Å². The van der Waals surface area contributed by atoms with Crippen molar-refractivity contribution in [2.24, 2.45) is 0 Å². The Hall–Kier alpha value is -3.67. The maximum atomic E-state index is 13.0. The van der Waals surface area contributed by atoms with Gasteiger partial charge in [-0.25, -0.2) is 0 Å². The molecule has 0 bridgehead atoms. The van der Waals surface area contributed by atoms with Crippen molar-refractivity contribution in [1.29, 1.82) is 0 Å². The van der Waals surface area contributed by atoms with E-state index in [0.717, 1.165) is 22.3 Å². The fourth-order valence-corrected chi connectivity index (χ4v) is 4.09. The molecule has 0 spiro atoms. The Morgan fingerprint density at radius 1 is 1.13 bits per heavy atom. The lowest BCUT2D eigenvalue weighted by Crippen LogP contribution is -2.54. The molecule has 0 radical (unpaired) electrons. The van der Waals surface area contributed by atoms with Crippen LogP contribution in [0.15, 0.2) is 72.6 Å². The minimum absolute atomic E-state index is 0.0825. The number of hydrogen-bond acceptors (Lipinski definition) is 5. The number of para-hydroxylation sites is 1. The van der Waals surface area contributed by atoms with E-state index in [-0.39, 0.29) is 5.78 Å². The van der Waals surface area contributed by atoms with Crippen LogP contribution < -0.4 is 19.7 Å². The number of ether oxygens (including phenoxy) is 2. The molecule has 6 nitrogen and oxygen atoms in total. The van der Waals surface area contributed by atoms with Crippen molar-refractivity contribution in [2.45, 2.75) is 25.9 Å². The van der Waals surface area contributed by atoms with Gasteiger partial charge in [-0.15, -0.1) is 0 Å². The van der Waals surface area contributed by atoms with Crippen LogP contribution in [0.25, 0.3) is 10.9 Å². The molecule has 0 aliphatic carbocycles. The first-order valence-electron chi connectivity index (χ1n) is 10.3. The van der Waals surface area contributed by atoms with Gasteiger partial charge in [-0.05, 0) is 25.1 Å². The van der Waals surface area contributed by atoms with Crippen LogP contribution in [0.5, 0.6) is 11.5 Å². The zero-order valence-electron chi connectivity index (χ0n) is 18.2. The van der Waals surface area contributed by atoms with Crippen LogP contribution in [0.1, 0.15) is 20.3 Å². The Balaban J connectivity index is 1.85. The number of rotatable bonds is 7. The van der Waals surface area contributed by atoms with Gasteiger partial charge in [-0.1, -0.05) is 25.1 Å². The molecule has 1 aromatic heterocycles. The van der Waals surface area contributed by atoms with E-state index in [0.29, 0.717) is 23.5 Å². The average molecular weight is 418 g/mol. The van der Waals surface area contributed by atoms with E-state index in [1.165, 1.54) is 0 Å². The number of Topliss-reactive ketones (excluding diaryl/α,β-unsaturated/α-hetero) is 1. The molecular weight excluding hydrogens is 390 g/mol. The van der Waals surface area contributed by atoms with Crippen molar-refractivity contribution >= 4 is 28.1 Å². The van der Waals surface area contributed by atoms with Gasteiger partial charge in [0.1, 0.15) is 17.2 Å². The summed E-state index contributed by atoms with van der Waals surface area (Å²) in [4.78, 5) is 18.4. The lowest BCUT2D eigenvalue weighted by Gasteiger charge is -2.44. The van der Waals surface area contributed by atoms with Gasteiger partial charge in [-0.2, -0.15) is 0 Å². The standard InChI is InChI=1S/C25H27N3O3/c1-5-24(29)21-10-8-12-28(23-16-26-22-11-7-6-9-20(22)23)25(21,2)27-17-13-18(30-3)15-19(14-17)31-4/h6-16,26-27H,5H2,1-4H3. The molecule has 0 saturated heterocycles. The number of hydrogen-bond donors (Lipinski definition) is 2. The molecular formula is C25H27N3O3. The predicted molar refractivity (Wildman–Crippen MR) is 125 cm³/mol. The van der Waals surface area contributed by atoms with E-state index in [9.17, 15) is 4.79 Å². The molecule has 31 heavy (non-hydrogen) atoms. The number of ketones is 1. The molecule has 160 valence electrons. The van der Waals surface area contributed by atoms with E-state index >= 15 is 0 Å². The molecule has 0 fully saturated rings. The summed E-state index contributed by atoms with van der Waals surface area (Å²) in [6, 6.07) is 13.7. The number of methoxy groups -OCH3 is 2. The average Bonchev–Trinajstić information content (AvgIpc) is 3.22. The third kappa shape index (κ3) is 3.65. The number of nitrogens with one attached hydrogen (secondary N) is 2. The second-order valence-electron chi connectivity index (χ2n) is 7.59. The number of carbonyl (C=O) groups excluding carboxylic acids is 1. The summed E-state index contributed by atoms with van der Waals surface area (Å²) >= 11 is 0. The van der Waals surface area contributed by atoms with Crippen LogP contribution >= 0.6 is 0 Å². The maximum absolute atomic E-state index is 13.0. The topological polar surface area (TPSA) is 66.6 Å². The molecule has 2 aromatic carbocycles. The molecule has 2 N–H and O–H groups in total. The van der Waals surface area contributed by atoms with Gasteiger partial charge in [0.2, 0.25) is 0 Å². The smallest absolute Gasteiger partial charge is 0.162 e. The van der Waals surface area contributed by atoms with Gasteiger partial charge in [-0.3, -0.25) is 4.79 Å². The Labute approximate surface area is 182 Å². The van der Waals surface area contributed by atoms with Crippen molar-refractivity contribution in [3.8, 4) is 11.5 Å². The molecule has 4 rings (SSSR count). The molecule has 1 atom stereocenters. The van der Waals surface area contributed by atoms with Crippen LogP contribution in [0.3, 0.4) is 0 Å². The first kappa shape index (κ1) is 20.6. The van der Waals surface area contributed by atoms with Crippen molar-refractivity contribution in [3.63, 3.8) is 0 Å². The van der Waals surface area contributed by atoms with Crippen molar-refractivity contribution in [2.75, 3.05) is 24.4 Å². The largest absolute Gasteiger partial charge is 0.497 e. The molecule has 3 aromatic rings. The van der Waals surface area contributed by atoms with Crippen molar-refractivity contribution < 1.29 is 14.3 Å². The summed E-state index contributed by atoms with van der Waals surface area (Å²) in [7, 11) is 3.24. The normalized spacial score (nSPS) is 18.1. The van der Waals surface area contributed by atoms with Crippen LogP contribution in [-0.4, -0.2) is 30.6 Å². The second-order valence-corrected chi connectivity index (χ2v) is 7.59. The van der Waals surface area contributed by atoms with Crippen LogP contribution in [0.4, 0.5) is 11.4 Å². The number of H-pyrrole nitrogens is 1. The summed E-state index contributed by atoms with van der Waals surface area (Å²) in [6.07, 6.45) is 8.19. The molecule has 6 heteroatoms. The van der Waals surface area contributed by atoms with Gasteiger partial charge < -0.3 is 24.7 Å². The Kier molecular flexibility index (Phi) is 5.46. The summed E-state index contributed by atoms with van der Waals surface area (Å²) < 4.78 is 10.9. The Bertz CT molecular complexity index is 1160. The number of anilines is 2. The van der Waals surface area contributed by atoms with Gasteiger partial charge in [0.05, 0.1) is 19.9 Å². The highest BCUT2D eigenvalue weighted by Gasteiger charge is 2.40. The van der Waals surface area contributed by atoms with Gasteiger partial charge in [0.15, 0.2) is 5.78 Å². The van der Waals surface area contributed by atoms with E-state index in [2.05, 4.69) is 21.3 Å². The Morgan fingerprint density at radius 3 is 2.52 bits per heavy atom. The number of aromatic nitrogens is 1. The molecule has 1 aliphatic rings. The summed E-state index contributed by atoms with van der Waals surface area (Å²) in [5.41, 5.74) is 2.66. The molecule has 0 amide bonds. The number of allylic oxidation sites excluding steroid dienone is 2. The zero-order chi connectivity index (χ0) is 22.0. The third-order valence-electron chi connectivity index (χ3n) is 5.69. The predicted octanol–water partition coefficient (Wildman–Crippen LogP) is 5.25. The van der Waals surface area contributed by atoms with Crippen molar-refractivity contribution in [1.82, 2.24) is 4.98 Å². The van der Waals surface area contributed by atoms with Crippen molar-refractivity contribution in [3.05, 3.63) is 72.6 Å². The first-order chi connectivity index (χ1) is 15.0. The van der Waals surface area contributed by atoms with Gasteiger partial charge in [0, 0.05) is 59.2 Å². The lowest BCUT2D eigenvalue weighted by atomic mass is 9.90. The highest BCUT2D eigenvalue weighted by atomic mass is 16.5. The van der Waals surface area contributed by atoms with Gasteiger partial charge >= 0.3 is 0 Å². The first-order valence-corrected chi connectivity index (χ1v) is 10.3. The lowest BCUT2D eigenvalue weighted by molar-refractivity contribution is -0.115. The second kappa shape index (κ2) is 8.22. The van der Waals surface area contributed by atoms with E-state index in [1.54, 1.807) is 14.2 Å². The fourth-order valence-electron chi connectivity index (χ4n) is 4.09. The SMILES string of the molecule is CCC(=O)C1=CC=CN(c2c[nH]c3ccccc23)C1(C)Nc1cc(OC)cc(OC)c1. The maximum Gasteiger partial charge on any atom is 0.162 e. The van der Waals surface area contributed by atoms with Crippen LogP contribution in [0.2, 0.25) is 0 Å². The van der Waals surface area contributed by atoms with Crippen LogP contribution in [0, 0.1) is 0 Å². The highest BCUT2D eigenvalue weighted by molar-refractivity contribution is 6.01. The molecule has 1 unspecified atom stereocenters. The summed E-state index contributed by atoms with van der Waals surface area (Å²) in [5.74, 6) is 1.42. The minimum atomic E-state index is -0.829. The number of benzene rings is 2. The monoisotopic (exact) mass is 417 g/mol. The molecule has 2 heterocycles. The summed E-state index contributed by atoms with van der Waals surface area (Å²) in [5, 5.41) is 4.66. The van der Waals surface area contributed by atoms with E-state index < -0.39 is 5.66 Å². The van der Waals surface area contributed by atoms with E-state index in [4.69, 9.17) is 9.47 Å². The number of nitrogens with zero attached hydrogens (tertiary/aromatic N) is 1. The van der Waals surface area contributed by atoms with Crippen LogP contribution in [-0.2, 0) is 4.79 Å². The third-order valence-corrected chi connectivity index (χ3v) is 5.69. The Morgan fingerprint density at radius 2 is 1.84 bits per heavy atom. The minimum Gasteiger partial charge on any atom is -0.497 e.